The Kier molecular flexibility index (Phi) is 3.76. The van der Waals surface area contributed by atoms with Crippen molar-refractivity contribution in [3.63, 3.8) is 0 Å². The fourth-order valence-corrected chi connectivity index (χ4v) is 3.46. The van der Waals surface area contributed by atoms with Crippen LogP contribution in [0, 0.1) is 10.1 Å². The maximum absolute atomic E-state index is 12.6. The number of non-ortho nitro benzene ring substituents is 1. The van der Waals surface area contributed by atoms with E-state index < -0.39 is 16.6 Å². The van der Waals surface area contributed by atoms with Crippen LogP contribution in [0.3, 0.4) is 0 Å². The average Bonchev–Trinajstić information content (AvgIpc) is 3.25. The Balaban J connectivity index is 1.60. The minimum Gasteiger partial charge on any atom is -0.360 e. The normalized spacial score (nSPS) is 15.6. The summed E-state index contributed by atoms with van der Waals surface area (Å²) in [6.07, 6.45) is 3.02. The van der Waals surface area contributed by atoms with E-state index in [1.165, 1.54) is 30.0 Å². The maximum atomic E-state index is 12.6. The molecule has 7 heteroatoms. The molecule has 0 unspecified atom stereocenters. The molecular formula is C19H15N3O4. The lowest BCUT2D eigenvalue weighted by Crippen LogP contribution is -2.33. The molecule has 0 aliphatic heterocycles. The van der Waals surface area contributed by atoms with Gasteiger partial charge in [0.05, 0.1) is 16.5 Å². The van der Waals surface area contributed by atoms with Gasteiger partial charge in [0.1, 0.15) is 0 Å². The van der Waals surface area contributed by atoms with Crippen molar-refractivity contribution in [3.8, 4) is 0 Å². The highest BCUT2D eigenvalue weighted by molar-refractivity contribution is 6.45. The first-order chi connectivity index (χ1) is 12.5. The van der Waals surface area contributed by atoms with Gasteiger partial charge in [-0.15, -0.1) is 0 Å². The van der Waals surface area contributed by atoms with E-state index in [2.05, 4.69) is 10.3 Å². The summed E-state index contributed by atoms with van der Waals surface area (Å²) in [5, 5.41) is 14.1. The fourth-order valence-electron chi connectivity index (χ4n) is 3.46. The molecule has 1 aliphatic carbocycles. The zero-order chi connectivity index (χ0) is 18.3. The molecule has 1 atom stereocenters. The Morgan fingerprint density at radius 3 is 2.81 bits per heavy atom. The number of fused-ring (bicyclic) bond motifs is 2. The number of amides is 1. The van der Waals surface area contributed by atoms with Crippen molar-refractivity contribution in [3.05, 3.63) is 75.5 Å². The Labute approximate surface area is 148 Å². The third kappa shape index (κ3) is 2.63. The largest absolute Gasteiger partial charge is 0.360 e. The number of ketones is 1. The third-order valence-electron chi connectivity index (χ3n) is 4.77. The van der Waals surface area contributed by atoms with Gasteiger partial charge in [0.2, 0.25) is 0 Å². The molecule has 0 saturated carbocycles. The standard InChI is InChI=1S/C19H15N3O4/c23-18(15-10-20-16-8-6-12(22(25)26)9-14(15)16)19(24)21-17-7-5-11-3-1-2-4-13(11)17/h1-4,6,8-10,17,20H,5,7H2,(H,21,24)/t17-/m0/s1. The van der Waals surface area contributed by atoms with Crippen LogP contribution in [0.25, 0.3) is 10.9 Å². The SMILES string of the molecule is O=C(N[C@H]1CCc2ccccc21)C(=O)c1c[nH]c2ccc([N+](=O)[O-])cc12. The molecule has 0 saturated heterocycles. The zero-order valence-corrected chi connectivity index (χ0v) is 13.7. The van der Waals surface area contributed by atoms with Crippen LogP contribution in [0.15, 0.2) is 48.7 Å². The van der Waals surface area contributed by atoms with Gasteiger partial charge in [0.25, 0.3) is 17.4 Å². The van der Waals surface area contributed by atoms with Crippen LogP contribution in [-0.2, 0) is 11.2 Å². The van der Waals surface area contributed by atoms with E-state index in [-0.39, 0.29) is 17.3 Å². The van der Waals surface area contributed by atoms with E-state index in [1.54, 1.807) is 0 Å². The highest BCUT2D eigenvalue weighted by Gasteiger charge is 2.27. The minimum atomic E-state index is -0.709. The summed E-state index contributed by atoms with van der Waals surface area (Å²) >= 11 is 0. The number of benzene rings is 2. The van der Waals surface area contributed by atoms with Gasteiger partial charge in [0.15, 0.2) is 0 Å². The first kappa shape index (κ1) is 16.0. The van der Waals surface area contributed by atoms with Crippen molar-refractivity contribution in [2.45, 2.75) is 18.9 Å². The average molecular weight is 349 g/mol. The van der Waals surface area contributed by atoms with Gasteiger partial charge in [-0.25, -0.2) is 0 Å². The predicted molar refractivity (Wildman–Crippen MR) is 94.9 cm³/mol. The highest BCUT2D eigenvalue weighted by Crippen LogP contribution is 2.31. The summed E-state index contributed by atoms with van der Waals surface area (Å²) in [5.74, 6) is -1.42. The van der Waals surface area contributed by atoms with Crippen LogP contribution in [0.5, 0.6) is 0 Å². The number of nitrogens with zero attached hydrogens (tertiary/aromatic N) is 1. The van der Waals surface area contributed by atoms with E-state index in [0.29, 0.717) is 10.9 Å². The molecule has 4 rings (SSSR count). The van der Waals surface area contributed by atoms with Crippen molar-refractivity contribution in [1.82, 2.24) is 10.3 Å². The molecule has 2 aromatic carbocycles. The van der Waals surface area contributed by atoms with E-state index in [1.807, 2.05) is 24.3 Å². The molecule has 1 amide bonds. The molecule has 1 heterocycles. The van der Waals surface area contributed by atoms with Gasteiger partial charge in [-0.05, 0) is 30.0 Å². The molecule has 2 N–H and O–H groups in total. The lowest BCUT2D eigenvalue weighted by Gasteiger charge is -2.13. The Morgan fingerprint density at radius 2 is 2.00 bits per heavy atom. The van der Waals surface area contributed by atoms with Crippen LogP contribution < -0.4 is 5.32 Å². The van der Waals surface area contributed by atoms with Gasteiger partial charge in [-0.1, -0.05) is 24.3 Å². The first-order valence-electron chi connectivity index (χ1n) is 8.23. The van der Waals surface area contributed by atoms with E-state index in [0.717, 1.165) is 18.4 Å². The summed E-state index contributed by atoms with van der Waals surface area (Å²) in [5.41, 5.74) is 2.78. The smallest absolute Gasteiger partial charge is 0.292 e. The summed E-state index contributed by atoms with van der Waals surface area (Å²) in [4.78, 5) is 38.4. The molecule has 3 aromatic rings. The summed E-state index contributed by atoms with van der Waals surface area (Å²) in [6, 6.07) is 11.8. The van der Waals surface area contributed by atoms with Gasteiger partial charge in [-0.2, -0.15) is 0 Å². The van der Waals surface area contributed by atoms with Crippen LogP contribution in [0.1, 0.15) is 33.9 Å². The summed E-state index contributed by atoms with van der Waals surface area (Å²) < 4.78 is 0. The summed E-state index contributed by atoms with van der Waals surface area (Å²) in [7, 11) is 0. The monoisotopic (exact) mass is 349 g/mol. The van der Waals surface area contributed by atoms with Gasteiger partial charge >= 0.3 is 0 Å². The number of aromatic amines is 1. The molecule has 1 aliphatic rings. The van der Waals surface area contributed by atoms with Crippen molar-refractivity contribution >= 4 is 28.3 Å². The molecule has 26 heavy (non-hydrogen) atoms. The second-order valence-electron chi connectivity index (χ2n) is 6.28. The van der Waals surface area contributed by atoms with Crippen LogP contribution >= 0.6 is 0 Å². The quantitative estimate of drug-likeness (QED) is 0.327. The Hall–Kier alpha value is -3.48. The number of aryl methyl sites for hydroxylation is 1. The molecule has 0 spiro atoms. The van der Waals surface area contributed by atoms with Crippen molar-refractivity contribution in [2.75, 3.05) is 0 Å². The number of nitro benzene ring substituents is 1. The molecule has 1 aromatic heterocycles. The zero-order valence-electron chi connectivity index (χ0n) is 13.7. The highest BCUT2D eigenvalue weighted by atomic mass is 16.6. The first-order valence-corrected chi connectivity index (χ1v) is 8.23. The molecule has 0 fully saturated rings. The van der Waals surface area contributed by atoms with Crippen LogP contribution in [0.2, 0.25) is 0 Å². The fraction of sp³-hybridized carbons (Fsp3) is 0.158. The van der Waals surface area contributed by atoms with Crippen molar-refractivity contribution < 1.29 is 14.5 Å². The number of nitro groups is 1. The Bertz CT molecular complexity index is 1050. The van der Waals surface area contributed by atoms with Gasteiger partial charge < -0.3 is 10.3 Å². The molecule has 130 valence electrons. The number of carbonyl (C=O) groups is 2. The molecule has 0 radical (unpaired) electrons. The van der Waals surface area contributed by atoms with E-state index in [9.17, 15) is 19.7 Å². The predicted octanol–water partition coefficient (Wildman–Crippen LogP) is 3.06. The number of carbonyl (C=O) groups excluding carboxylic acids is 2. The summed E-state index contributed by atoms with van der Waals surface area (Å²) in [6.45, 7) is 0. The molecule has 7 nitrogen and oxygen atoms in total. The van der Waals surface area contributed by atoms with Gasteiger partial charge in [0, 0.05) is 29.2 Å². The van der Waals surface area contributed by atoms with Crippen molar-refractivity contribution in [1.29, 1.82) is 0 Å². The van der Waals surface area contributed by atoms with E-state index in [4.69, 9.17) is 0 Å². The number of H-pyrrole nitrogens is 1. The molecular weight excluding hydrogens is 334 g/mol. The minimum absolute atomic E-state index is 0.128. The lowest BCUT2D eigenvalue weighted by atomic mass is 10.1. The number of Topliss-reactive ketones (excluding diaryl/α,β-unsaturated/α-hetero) is 1. The van der Waals surface area contributed by atoms with Gasteiger partial charge in [-0.3, -0.25) is 19.7 Å². The van der Waals surface area contributed by atoms with Crippen LogP contribution in [0.4, 0.5) is 5.69 Å². The number of aromatic nitrogens is 1. The Morgan fingerprint density at radius 1 is 1.19 bits per heavy atom. The molecule has 0 bridgehead atoms. The maximum Gasteiger partial charge on any atom is 0.292 e. The van der Waals surface area contributed by atoms with Crippen molar-refractivity contribution in [2.24, 2.45) is 0 Å². The topological polar surface area (TPSA) is 105 Å². The number of nitrogens with one attached hydrogen (secondary N) is 2. The number of hydrogen-bond acceptors (Lipinski definition) is 4. The second-order valence-corrected chi connectivity index (χ2v) is 6.28. The lowest BCUT2D eigenvalue weighted by molar-refractivity contribution is -0.384. The number of hydrogen-bond donors (Lipinski definition) is 2. The van der Waals surface area contributed by atoms with E-state index >= 15 is 0 Å². The number of rotatable bonds is 4. The third-order valence-corrected chi connectivity index (χ3v) is 4.77. The van der Waals surface area contributed by atoms with Crippen LogP contribution in [-0.4, -0.2) is 21.6 Å². The second kappa shape index (κ2) is 6.11.